The Morgan fingerprint density at radius 3 is 2.83 bits per heavy atom. The Morgan fingerprint density at radius 2 is 2.28 bits per heavy atom. The fraction of sp³-hybridized carbons (Fsp3) is 0.846. The Bertz CT molecular complexity index is 373. The molecule has 0 spiro atoms. The van der Waals surface area contributed by atoms with Gasteiger partial charge in [0.1, 0.15) is 12.2 Å². The van der Waals surface area contributed by atoms with Gasteiger partial charge in [0.05, 0.1) is 6.54 Å². The van der Waals surface area contributed by atoms with Crippen molar-refractivity contribution >= 4 is 0 Å². The number of aromatic nitrogens is 3. The molecule has 0 bridgehead atoms. The van der Waals surface area contributed by atoms with Crippen LogP contribution in [0.1, 0.15) is 33.0 Å². The Balaban J connectivity index is 2.07. The van der Waals surface area contributed by atoms with Gasteiger partial charge in [-0.05, 0) is 12.3 Å². The predicted octanol–water partition coefficient (Wildman–Crippen LogP) is 1.02. The molecule has 0 saturated carbocycles. The van der Waals surface area contributed by atoms with Crippen molar-refractivity contribution in [1.29, 1.82) is 0 Å². The average molecular weight is 251 g/mol. The van der Waals surface area contributed by atoms with Gasteiger partial charge in [0.2, 0.25) is 0 Å². The topological polar surface area (TPSA) is 46.0 Å². The van der Waals surface area contributed by atoms with Gasteiger partial charge in [0.25, 0.3) is 0 Å². The molecular weight excluding hydrogens is 226 g/mol. The van der Waals surface area contributed by atoms with Gasteiger partial charge in [0.15, 0.2) is 0 Å². The molecule has 1 aliphatic rings. The van der Waals surface area contributed by atoms with E-state index in [0.29, 0.717) is 18.0 Å². The monoisotopic (exact) mass is 251 g/mol. The van der Waals surface area contributed by atoms with Crippen LogP contribution in [0, 0.1) is 5.92 Å². The summed E-state index contributed by atoms with van der Waals surface area (Å²) in [5.74, 6) is 1.71. The smallest absolute Gasteiger partial charge is 0.140 e. The van der Waals surface area contributed by atoms with E-state index in [-0.39, 0.29) is 0 Å². The molecule has 2 heterocycles. The van der Waals surface area contributed by atoms with Gasteiger partial charge < -0.3 is 5.32 Å². The first-order valence-electron chi connectivity index (χ1n) is 6.92. The van der Waals surface area contributed by atoms with E-state index in [1.807, 2.05) is 11.7 Å². The van der Waals surface area contributed by atoms with Crippen molar-refractivity contribution in [3.8, 4) is 0 Å². The highest BCUT2D eigenvalue weighted by atomic mass is 15.3. The van der Waals surface area contributed by atoms with Gasteiger partial charge in [-0.3, -0.25) is 9.58 Å². The molecule has 1 aromatic heterocycles. The van der Waals surface area contributed by atoms with Crippen LogP contribution < -0.4 is 5.32 Å². The molecule has 5 nitrogen and oxygen atoms in total. The summed E-state index contributed by atoms with van der Waals surface area (Å²) in [5.41, 5.74) is 0. The largest absolute Gasteiger partial charge is 0.311 e. The lowest BCUT2D eigenvalue weighted by molar-refractivity contribution is 0.0863. The van der Waals surface area contributed by atoms with E-state index < -0.39 is 0 Å². The number of hydrogen-bond acceptors (Lipinski definition) is 4. The zero-order chi connectivity index (χ0) is 13.1. The van der Waals surface area contributed by atoms with E-state index in [9.17, 15) is 0 Å². The zero-order valence-electron chi connectivity index (χ0n) is 11.9. The number of piperazine rings is 1. The van der Waals surface area contributed by atoms with E-state index in [2.05, 4.69) is 41.1 Å². The number of rotatable bonds is 4. The van der Waals surface area contributed by atoms with Crippen molar-refractivity contribution in [3.05, 3.63) is 12.2 Å². The van der Waals surface area contributed by atoms with Crippen LogP contribution in [0.2, 0.25) is 0 Å². The van der Waals surface area contributed by atoms with E-state index in [0.717, 1.165) is 25.5 Å². The Kier molecular flexibility index (Phi) is 4.35. The molecule has 102 valence electrons. The van der Waals surface area contributed by atoms with Crippen molar-refractivity contribution in [2.75, 3.05) is 13.1 Å². The minimum absolute atomic E-state index is 0.587. The Hall–Kier alpha value is -0.940. The van der Waals surface area contributed by atoms with Crippen LogP contribution in [0.15, 0.2) is 6.33 Å². The van der Waals surface area contributed by atoms with Crippen LogP contribution >= 0.6 is 0 Å². The Labute approximate surface area is 110 Å². The van der Waals surface area contributed by atoms with E-state index in [4.69, 9.17) is 0 Å². The molecule has 1 fully saturated rings. The van der Waals surface area contributed by atoms with Crippen molar-refractivity contribution in [2.45, 2.75) is 45.8 Å². The van der Waals surface area contributed by atoms with Crippen LogP contribution in [0.5, 0.6) is 0 Å². The van der Waals surface area contributed by atoms with Crippen molar-refractivity contribution in [2.24, 2.45) is 13.0 Å². The third kappa shape index (κ3) is 2.90. The van der Waals surface area contributed by atoms with Crippen LogP contribution in [0.25, 0.3) is 0 Å². The molecule has 1 aliphatic heterocycles. The third-order valence-corrected chi connectivity index (χ3v) is 3.95. The molecule has 2 atom stereocenters. The summed E-state index contributed by atoms with van der Waals surface area (Å²) in [4.78, 5) is 6.90. The minimum atomic E-state index is 0.587. The molecule has 1 N–H and O–H groups in total. The number of hydrogen-bond donors (Lipinski definition) is 1. The van der Waals surface area contributed by atoms with E-state index in [1.54, 1.807) is 6.33 Å². The maximum atomic E-state index is 4.34. The fourth-order valence-corrected chi connectivity index (χ4v) is 2.66. The number of nitrogens with zero attached hydrogens (tertiary/aromatic N) is 4. The highest BCUT2D eigenvalue weighted by Gasteiger charge is 2.29. The summed E-state index contributed by atoms with van der Waals surface area (Å²) in [6.07, 6.45) is 2.82. The maximum Gasteiger partial charge on any atom is 0.140 e. The average Bonchev–Trinajstić information content (AvgIpc) is 2.74. The van der Waals surface area contributed by atoms with Gasteiger partial charge in [-0.1, -0.05) is 20.8 Å². The molecule has 18 heavy (non-hydrogen) atoms. The molecule has 2 unspecified atom stereocenters. The van der Waals surface area contributed by atoms with Crippen LogP contribution in [0.4, 0.5) is 0 Å². The summed E-state index contributed by atoms with van der Waals surface area (Å²) in [7, 11) is 1.96. The lowest BCUT2D eigenvalue weighted by atomic mass is 9.97. The molecule has 0 radical (unpaired) electrons. The van der Waals surface area contributed by atoms with Crippen LogP contribution in [-0.2, 0) is 13.6 Å². The lowest BCUT2D eigenvalue weighted by Crippen LogP contribution is -2.57. The number of aryl methyl sites for hydroxylation is 1. The second kappa shape index (κ2) is 5.80. The van der Waals surface area contributed by atoms with E-state index in [1.165, 1.54) is 6.42 Å². The second-order valence-electron chi connectivity index (χ2n) is 5.55. The predicted molar refractivity (Wildman–Crippen MR) is 72.1 cm³/mol. The van der Waals surface area contributed by atoms with Crippen molar-refractivity contribution in [1.82, 2.24) is 25.0 Å². The van der Waals surface area contributed by atoms with E-state index >= 15 is 0 Å². The van der Waals surface area contributed by atoms with Gasteiger partial charge in [-0.2, -0.15) is 5.10 Å². The maximum absolute atomic E-state index is 4.34. The van der Waals surface area contributed by atoms with Gasteiger partial charge in [0, 0.05) is 32.2 Å². The van der Waals surface area contributed by atoms with Gasteiger partial charge >= 0.3 is 0 Å². The molecule has 1 aromatic rings. The minimum Gasteiger partial charge on any atom is -0.311 e. The van der Waals surface area contributed by atoms with Crippen molar-refractivity contribution in [3.63, 3.8) is 0 Å². The first kappa shape index (κ1) is 13.5. The molecule has 0 aliphatic carbocycles. The highest BCUT2D eigenvalue weighted by molar-refractivity contribution is 4.92. The third-order valence-electron chi connectivity index (χ3n) is 3.95. The number of nitrogens with one attached hydrogen (secondary N) is 1. The highest BCUT2D eigenvalue weighted by Crippen LogP contribution is 2.18. The molecular formula is C13H25N5. The quantitative estimate of drug-likeness (QED) is 0.868. The standard InChI is InChI=1S/C13H25N5/c1-5-11-7-18(12(6-14-11)10(2)3)8-13-15-9-16-17(13)4/h9-12,14H,5-8H2,1-4H3. The first-order valence-corrected chi connectivity index (χ1v) is 6.92. The summed E-state index contributed by atoms with van der Waals surface area (Å²) < 4.78 is 1.88. The fourth-order valence-electron chi connectivity index (χ4n) is 2.66. The van der Waals surface area contributed by atoms with Crippen LogP contribution in [-0.4, -0.2) is 44.8 Å². The van der Waals surface area contributed by atoms with Crippen molar-refractivity contribution < 1.29 is 0 Å². The van der Waals surface area contributed by atoms with Gasteiger partial charge in [-0.25, -0.2) is 4.98 Å². The molecule has 1 saturated heterocycles. The van der Waals surface area contributed by atoms with Crippen LogP contribution in [0.3, 0.4) is 0 Å². The normalized spacial score (nSPS) is 25.8. The Morgan fingerprint density at radius 1 is 1.50 bits per heavy atom. The molecule has 5 heteroatoms. The first-order chi connectivity index (χ1) is 8.61. The zero-order valence-corrected chi connectivity index (χ0v) is 11.9. The molecule has 2 rings (SSSR count). The summed E-state index contributed by atoms with van der Waals surface area (Å²) in [6.45, 7) is 9.91. The second-order valence-corrected chi connectivity index (χ2v) is 5.55. The summed E-state index contributed by atoms with van der Waals surface area (Å²) >= 11 is 0. The lowest BCUT2D eigenvalue weighted by Gasteiger charge is -2.42. The summed E-state index contributed by atoms with van der Waals surface area (Å²) in [6, 6.07) is 1.19. The SMILES string of the molecule is CCC1CN(Cc2ncnn2C)C(C(C)C)CN1. The van der Waals surface area contributed by atoms with Gasteiger partial charge in [-0.15, -0.1) is 0 Å². The summed E-state index contributed by atoms with van der Waals surface area (Å²) in [5, 5.41) is 7.79. The molecule has 0 amide bonds. The molecule has 0 aromatic carbocycles.